The molecule has 2 aromatic rings. The smallest absolute Gasteiger partial charge is 0.265 e. The second-order valence-corrected chi connectivity index (χ2v) is 6.54. The van der Waals surface area contributed by atoms with Crippen molar-refractivity contribution < 1.29 is 13.9 Å². The van der Waals surface area contributed by atoms with E-state index in [2.05, 4.69) is 31.9 Å². The number of anilines is 1. The second kappa shape index (κ2) is 8.81. The van der Waals surface area contributed by atoms with Crippen LogP contribution in [-0.4, -0.2) is 19.1 Å². The molecule has 0 heterocycles. The van der Waals surface area contributed by atoms with Crippen LogP contribution >= 0.6 is 31.9 Å². The minimum Gasteiger partial charge on any atom is -0.483 e. The maximum atomic E-state index is 14.0. The van der Waals surface area contributed by atoms with Crippen LogP contribution in [0, 0.1) is 17.1 Å². The molecule has 0 bridgehead atoms. The highest BCUT2D eigenvalue weighted by molar-refractivity contribution is 9.11. The number of nitriles is 1. The Morgan fingerprint density at radius 2 is 2.00 bits per heavy atom. The maximum absolute atomic E-state index is 14.0. The highest BCUT2D eigenvalue weighted by Crippen LogP contribution is 2.28. The molecule has 0 unspecified atom stereocenters. The van der Waals surface area contributed by atoms with Gasteiger partial charge in [-0.2, -0.15) is 5.26 Å². The number of carbonyl (C=O) groups is 1. The molecule has 0 aliphatic heterocycles. The van der Waals surface area contributed by atoms with Gasteiger partial charge in [-0.15, -0.1) is 0 Å². The van der Waals surface area contributed by atoms with Gasteiger partial charge in [-0.1, -0.05) is 28.1 Å². The lowest BCUT2D eigenvalue weighted by molar-refractivity contribution is -0.120. The zero-order valence-corrected chi connectivity index (χ0v) is 15.7. The Hall–Kier alpha value is -1.91. The van der Waals surface area contributed by atoms with Crippen LogP contribution in [0.15, 0.2) is 51.4 Å². The van der Waals surface area contributed by atoms with Crippen LogP contribution < -0.4 is 9.64 Å². The number of nitrogens with zero attached hydrogens (tertiary/aromatic N) is 2. The van der Waals surface area contributed by atoms with Gasteiger partial charge in [-0.05, 0) is 46.3 Å². The van der Waals surface area contributed by atoms with Gasteiger partial charge in [0.05, 0.1) is 22.7 Å². The van der Waals surface area contributed by atoms with Crippen LogP contribution in [0.1, 0.15) is 6.42 Å². The SMILES string of the molecule is N#CCCN(C(=O)COc1ccc(Br)cc1Br)c1ccccc1F. The van der Waals surface area contributed by atoms with Gasteiger partial charge in [0, 0.05) is 11.0 Å². The third-order valence-corrected chi connectivity index (χ3v) is 4.25. The third-order valence-electron chi connectivity index (χ3n) is 3.14. The average Bonchev–Trinajstić information content (AvgIpc) is 2.56. The first kappa shape index (κ1) is 18.4. The van der Waals surface area contributed by atoms with Gasteiger partial charge >= 0.3 is 0 Å². The second-order valence-electron chi connectivity index (χ2n) is 4.77. The number of amides is 1. The fraction of sp³-hybridized carbons (Fsp3) is 0.176. The summed E-state index contributed by atoms with van der Waals surface area (Å²) in [6.45, 7) is -0.166. The number of hydrogen-bond acceptors (Lipinski definition) is 3. The summed E-state index contributed by atoms with van der Waals surface area (Å²) in [5.74, 6) is -0.445. The maximum Gasteiger partial charge on any atom is 0.265 e. The molecule has 2 aromatic carbocycles. The van der Waals surface area contributed by atoms with E-state index >= 15 is 0 Å². The molecule has 1 amide bonds. The molecular formula is C17H13Br2FN2O2. The third kappa shape index (κ3) is 4.79. The van der Waals surface area contributed by atoms with Crippen molar-refractivity contribution in [3.8, 4) is 11.8 Å². The Balaban J connectivity index is 2.13. The van der Waals surface area contributed by atoms with Crippen molar-refractivity contribution in [2.24, 2.45) is 0 Å². The van der Waals surface area contributed by atoms with Gasteiger partial charge < -0.3 is 9.64 Å². The standard InChI is InChI=1S/C17H13Br2FN2O2/c18-12-6-7-16(13(19)10-12)24-11-17(23)22(9-3-8-21)15-5-2-1-4-14(15)20/h1-2,4-7,10H,3,9,11H2. The van der Waals surface area contributed by atoms with E-state index in [0.29, 0.717) is 10.2 Å². The molecule has 7 heteroatoms. The van der Waals surface area contributed by atoms with E-state index in [-0.39, 0.29) is 25.3 Å². The van der Waals surface area contributed by atoms with E-state index in [1.165, 1.54) is 17.0 Å². The summed E-state index contributed by atoms with van der Waals surface area (Å²) in [5.41, 5.74) is 0.135. The molecule has 2 rings (SSSR count). The Kier molecular flexibility index (Phi) is 6.76. The molecule has 0 saturated carbocycles. The van der Waals surface area contributed by atoms with E-state index in [0.717, 1.165) is 4.47 Å². The first-order valence-corrected chi connectivity index (χ1v) is 8.61. The molecule has 0 fully saturated rings. The molecule has 0 spiro atoms. The minimum absolute atomic E-state index is 0.0983. The number of halogens is 3. The summed E-state index contributed by atoms with van der Waals surface area (Å²) in [6.07, 6.45) is 0.0993. The molecule has 0 aromatic heterocycles. The van der Waals surface area contributed by atoms with Crippen LogP contribution in [0.2, 0.25) is 0 Å². The van der Waals surface area contributed by atoms with Crippen molar-refractivity contribution in [3.05, 3.63) is 57.2 Å². The van der Waals surface area contributed by atoms with Gasteiger partial charge in [0.1, 0.15) is 11.6 Å². The van der Waals surface area contributed by atoms with E-state index in [4.69, 9.17) is 10.00 Å². The van der Waals surface area contributed by atoms with E-state index in [1.54, 1.807) is 30.3 Å². The Bertz CT molecular complexity index is 777. The van der Waals surface area contributed by atoms with E-state index in [9.17, 15) is 9.18 Å². The highest BCUT2D eigenvalue weighted by atomic mass is 79.9. The summed E-state index contributed by atoms with van der Waals surface area (Å²) < 4.78 is 21.0. The quantitative estimate of drug-likeness (QED) is 0.635. The monoisotopic (exact) mass is 454 g/mol. The molecule has 124 valence electrons. The predicted molar refractivity (Wildman–Crippen MR) is 96.3 cm³/mol. The molecule has 0 aliphatic carbocycles. The molecule has 0 aliphatic rings. The zero-order valence-electron chi connectivity index (χ0n) is 12.5. The number of carbonyl (C=O) groups excluding carboxylic acids is 1. The Morgan fingerprint density at radius 3 is 2.67 bits per heavy atom. The number of hydrogen-bond donors (Lipinski definition) is 0. The first-order valence-electron chi connectivity index (χ1n) is 7.02. The van der Waals surface area contributed by atoms with Gasteiger partial charge in [0.2, 0.25) is 0 Å². The Morgan fingerprint density at radius 1 is 1.25 bits per heavy atom. The topological polar surface area (TPSA) is 53.3 Å². The van der Waals surface area contributed by atoms with Crippen molar-refractivity contribution in [1.29, 1.82) is 5.26 Å². The lowest BCUT2D eigenvalue weighted by atomic mass is 10.2. The predicted octanol–water partition coefficient (Wildman–Crippen LogP) is 4.68. The molecule has 4 nitrogen and oxygen atoms in total. The van der Waals surface area contributed by atoms with Crippen molar-refractivity contribution in [3.63, 3.8) is 0 Å². The summed E-state index contributed by atoms with van der Waals surface area (Å²) in [4.78, 5) is 13.7. The number of benzene rings is 2. The van der Waals surface area contributed by atoms with Crippen LogP contribution in [0.3, 0.4) is 0 Å². The summed E-state index contributed by atoms with van der Waals surface area (Å²) in [7, 11) is 0. The molecule has 0 atom stereocenters. The van der Waals surface area contributed by atoms with Gasteiger partial charge in [-0.25, -0.2) is 4.39 Å². The molecule has 0 radical (unpaired) electrons. The molecule has 24 heavy (non-hydrogen) atoms. The fourth-order valence-corrected chi connectivity index (χ4v) is 3.18. The van der Waals surface area contributed by atoms with Crippen molar-refractivity contribution in [1.82, 2.24) is 0 Å². The summed E-state index contributed by atoms with van der Waals surface area (Å²) in [6, 6.07) is 13.2. The van der Waals surface area contributed by atoms with Gasteiger partial charge in [0.15, 0.2) is 6.61 Å². The first-order chi connectivity index (χ1) is 11.5. The van der Waals surface area contributed by atoms with Gasteiger partial charge in [0.25, 0.3) is 5.91 Å². The number of ether oxygens (including phenoxy) is 1. The molecule has 0 saturated heterocycles. The summed E-state index contributed by atoms with van der Waals surface area (Å²) >= 11 is 6.68. The molecular weight excluding hydrogens is 443 g/mol. The van der Waals surface area contributed by atoms with E-state index in [1.807, 2.05) is 6.07 Å². The fourth-order valence-electron chi connectivity index (χ4n) is 2.02. The van der Waals surface area contributed by atoms with Crippen molar-refractivity contribution >= 4 is 43.5 Å². The highest BCUT2D eigenvalue weighted by Gasteiger charge is 2.19. The summed E-state index contributed by atoms with van der Waals surface area (Å²) in [5, 5.41) is 8.76. The average molecular weight is 456 g/mol. The van der Waals surface area contributed by atoms with Crippen molar-refractivity contribution in [2.45, 2.75) is 6.42 Å². The normalized spacial score (nSPS) is 10.1. The van der Waals surface area contributed by atoms with Crippen LogP contribution in [0.4, 0.5) is 10.1 Å². The van der Waals surface area contributed by atoms with E-state index < -0.39 is 11.7 Å². The van der Waals surface area contributed by atoms with Crippen LogP contribution in [0.5, 0.6) is 5.75 Å². The van der Waals surface area contributed by atoms with Crippen LogP contribution in [-0.2, 0) is 4.79 Å². The Labute approximate surface area is 156 Å². The lowest BCUT2D eigenvalue weighted by Gasteiger charge is -2.22. The van der Waals surface area contributed by atoms with Crippen LogP contribution in [0.25, 0.3) is 0 Å². The number of para-hydroxylation sites is 1. The van der Waals surface area contributed by atoms with Gasteiger partial charge in [-0.3, -0.25) is 4.79 Å². The zero-order chi connectivity index (χ0) is 17.5. The minimum atomic E-state index is -0.520. The lowest BCUT2D eigenvalue weighted by Crippen LogP contribution is -2.36. The van der Waals surface area contributed by atoms with Crippen molar-refractivity contribution in [2.75, 3.05) is 18.1 Å². The number of rotatable bonds is 6. The largest absolute Gasteiger partial charge is 0.483 e. The molecule has 0 N–H and O–H groups in total.